The molecule has 4 fully saturated rings. The summed E-state index contributed by atoms with van der Waals surface area (Å²) in [5.41, 5.74) is 10.5. The number of hydrogen-bond acceptors (Lipinski definition) is 8. The SMILES string of the molecule is COCCN1CCN(c2ccc(C(=O)N[C@H](C(=O)N3C[C@@H](N=[N+]=[N-])[C@H]4OCC(=O)[C@H]43)C3CCCCC3)cc2)CC1. The number of benzene rings is 1. The highest BCUT2D eigenvalue weighted by atomic mass is 16.5. The first-order valence-corrected chi connectivity index (χ1v) is 14.4. The standard InChI is InChI=1S/C28H39N7O5/c1-39-16-15-33-11-13-34(14-12-33)21-9-7-20(8-10-21)27(37)30-24(19-5-3-2-4-6-19)28(38)35-17-22(31-32-29)26-25(35)23(36)18-40-26/h7-10,19,22,24-26H,2-6,11-18H2,1H3,(H,30,37)/t22-,24+,25-,26-/m1/s1. The summed E-state index contributed by atoms with van der Waals surface area (Å²) in [5.74, 6) is -0.824. The average molecular weight is 554 g/mol. The molecule has 0 radical (unpaired) electrons. The second kappa shape index (κ2) is 13.0. The van der Waals surface area contributed by atoms with E-state index in [2.05, 4.69) is 25.1 Å². The molecule has 0 bridgehead atoms. The Labute approximate surface area is 234 Å². The van der Waals surface area contributed by atoms with Gasteiger partial charge in [-0.3, -0.25) is 19.3 Å². The third-order valence-corrected chi connectivity index (χ3v) is 8.79. The monoisotopic (exact) mass is 553 g/mol. The number of methoxy groups -OCH3 is 1. The molecule has 12 heteroatoms. The lowest BCUT2D eigenvalue weighted by molar-refractivity contribution is -0.139. The normalized spacial score (nSPS) is 26.3. The van der Waals surface area contributed by atoms with E-state index in [4.69, 9.17) is 15.0 Å². The third-order valence-electron chi connectivity index (χ3n) is 8.79. The molecule has 0 aromatic heterocycles. The van der Waals surface area contributed by atoms with E-state index in [-0.39, 0.29) is 36.7 Å². The number of carbonyl (C=O) groups is 3. The maximum atomic E-state index is 14.0. The number of ketones is 1. The number of hydrogen-bond donors (Lipinski definition) is 1. The second-order valence-corrected chi connectivity index (χ2v) is 11.2. The van der Waals surface area contributed by atoms with Crippen molar-refractivity contribution in [3.05, 3.63) is 40.3 Å². The fraction of sp³-hybridized carbons (Fsp3) is 0.679. The van der Waals surface area contributed by atoms with Crippen LogP contribution in [-0.2, 0) is 19.1 Å². The number of nitrogens with one attached hydrogen (secondary N) is 1. The molecule has 3 heterocycles. The lowest BCUT2D eigenvalue weighted by atomic mass is 9.83. The van der Waals surface area contributed by atoms with Crippen molar-refractivity contribution in [1.29, 1.82) is 0 Å². The lowest BCUT2D eigenvalue weighted by Crippen LogP contribution is -2.55. The van der Waals surface area contributed by atoms with Gasteiger partial charge in [-0.2, -0.15) is 0 Å². The van der Waals surface area contributed by atoms with Crippen molar-refractivity contribution in [2.45, 2.75) is 56.3 Å². The molecular weight excluding hydrogens is 514 g/mol. The van der Waals surface area contributed by atoms with Crippen molar-refractivity contribution < 1.29 is 23.9 Å². The van der Waals surface area contributed by atoms with Gasteiger partial charge in [0, 0.05) is 62.5 Å². The molecular formula is C28H39N7O5. The number of piperazine rings is 1. The topological polar surface area (TPSA) is 140 Å². The first kappa shape index (κ1) is 28.4. The third kappa shape index (κ3) is 6.10. The van der Waals surface area contributed by atoms with Crippen LogP contribution in [-0.4, -0.2) is 111 Å². The van der Waals surface area contributed by atoms with Crippen molar-refractivity contribution in [1.82, 2.24) is 15.1 Å². The van der Waals surface area contributed by atoms with Gasteiger partial charge < -0.3 is 24.6 Å². The van der Waals surface area contributed by atoms with Crippen LogP contribution in [0.15, 0.2) is 29.4 Å². The average Bonchev–Trinajstić information content (AvgIpc) is 3.56. The number of ether oxygens (including phenoxy) is 2. The van der Waals surface area contributed by atoms with Gasteiger partial charge in [-0.25, -0.2) is 0 Å². The summed E-state index contributed by atoms with van der Waals surface area (Å²) in [6.45, 7) is 5.40. The van der Waals surface area contributed by atoms with E-state index < -0.39 is 24.2 Å². The van der Waals surface area contributed by atoms with Crippen molar-refractivity contribution in [3.8, 4) is 0 Å². The zero-order valence-corrected chi connectivity index (χ0v) is 23.1. The van der Waals surface area contributed by atoms with Crippen LogP contribution < -0.4 is 10.2 Å². The number of amides is 2. The highest BCUT2D eigenvalue weighted by Gasteiger charge is 2.53. The number of azide groups is 1. The first-order valence-electron chi connectivity index (χ1n) is 14.4. The van der Waals surface area contributed by atoms with Crippen LogP contribution in [0.25, 0.3) is 10.4 Å². The summed E-state index contributed by atoms with van der Waals surface area (Å²) in [4.78, 5) is 49.1. The largest absolute Gasteiger partial charge is 0.383 e. The van der Waals surface area contributed by atoms with Gasteiger partial charge >= 0.3 is 0 Å². The van der Waals surface area contributed by atoms with Crippen molar-refractivity contribution in [3.63, 3.8) is 0 Å². The summed E-state index contributed by atoms with van der Waals surface area (Å²) < 4.78 is 10.8. The van der Waals surface area contributed by atoms with Gasteiger partial charge in [-0.05, 0) is 48.6 Å². The van der Waals surface area contributed by atoms with Gasteiger partial charge in [0.15, 0.2) is 5.78 Å². The first-order chi connectivity index (χ1) is 19.5. The summed E-state index contributed by atoms with van der Waals surface area (Å²) >= 11 is 0. The van der Waals surface area contributed by atoms with Crippen LogP contribution in [0.2, 0.25) is 0 Å². The Morgan fingerprint density at radius 1 is 1.15 bits per heavy atom. The minimum absolute atomic E-state index is 0.0201. The second-order valence-electron chi connectivity index (χ2n) is 11.2. The Bertz CT molecular complexity index is 1110. The molecule has 1 aromatic carbocycles. The van der Waals surface area contributed by atoms with Gasteiger partial charge in [0.2, 0.25) is 5.91 Å². The van der Waals surface area contributed by atoms with E-state index >= 15 is 0 Å². The maximum Gasteiger partial charge on any atom is 0.251 e. The Morgan fingerprint density at radius 3 is 2.55 bits per heavy atom. The molecule has 4 atom stereocenters. The number of anilines is 1. The number of likely N-dealkylation sites (tertiary alicyclic amines) is 1. The Hall–Kier alpha value is -3.18. The maximum absolute atomic E-state index is 14.0. The molecule has 216 valence electrons. The molecule has 1 aliphatic carbocycles. The van der Waals surface area contributed by atoms with Gasteiger partial charge in [-0.1, -0.05) is 24.4 Å². The van der Waals surface area contributed by atoms with Crippen LogP contribution >= 0.6 is 0 Å². The molecule has 1 aromatic rings. The molecule has 1 N–H and O–H groups in total. The summed E-state index contributed by atoms with van der Waals surface area (Å²) in [6, 6.07) is 5.38. The minimum Gasteiger partial charge on any atom is -0.383 e. The fourth-order valence-corrected chi connectivity index (χ4v) is 6.55. The van der Waals surface area contributed by atoms with E-state index in [1.807, 2.05) is 24.3 Å². The minimum atomic E-state index is -0.778. The number of carbonyl (C=O) groups excluding carboxylic acids is 3. The molecule has 0 spiro atoms. The zero-order valence-electron chi connectivity index (χ0n) is 23.1. The van der Waals surface area contributed by atoms with Gasteiger partial charge in [-0.15, -0.1) is 0 Å². The molecule has 3 aliphatic heterocycles. The van der Waals surface area contributed by atoms with Gasteiger partial charge in [0.25, 0.3) is 5.91 Å². The van der Waals surface area contributed by atoms with Crippen molar-refractivity contribution >= 4 is 23.3 Å². The molecule has 4 aliphatic rings. The van der Waals surface area contributed by atoms with Gasteiger partial charge in [0.05, 0.1) is 18.8 Å². The molecule has 5 rings (SSSR count). The number of nitrogens with zero attached hydrogens (tertiary/aromatic N) is 6. The van der Waals surface area contributed by atoms with Crippen molar-refractivity contribution in [2.75, 3.05) is 64.5 Å². The molecule has 12 nitrogen and oxygen atoms in total. The van der Waals surface area contributed by atoms with E-state index in [9.17, 15) is 14.4 Å². The van der Waals surface area contributed by atoms with E-state index in [1.165, 1.54) is 4.90 Å². The van der Waals surface area contributed by atoms with E-state index in [1.54, 1.807) is 7.11 Å². The highest BCUT2D eigenvalue weighted by molar-refractivity contribution is 5.99. The van der Waals surface area contributed by atoms with E-state index in [0.29, 0.717) is 5.56 Å². The summed E-state index contributed by atoms with van der Waals surface area (Å²) in [7, 11) is 1.72. The summed E-state index contributed by atoms with van der Waals surface area (Å²) in [6.07, 6.45) is 4.12. The van der Waals surface area contributed by atoms with Crippen LogP contribution in [0.4, 0.5) is 5.69 Å². The quantitative estimate of drug-likeness (QED) is 0.280. The highest BCUT2D eigenvalue weighted by Crippen LogP contribution is 2.33. The Morgan fingerprint density at radius 2 is 1.88 bits per heavy atom. The van der Waals surface area contributed by atoms with Crippen LogP contribution in [0.1, 0.15) is 42.5 Å². The number of rotatable bonds is 9. The predicted octanol–water partition coefficient (Wildman–Crippen LogP) is 1.99. The molecule has 40 heavy (non-hydrogen) atoms. The van der Waals surface area contributed by atoms with Crippen LogP contribution in [0.3, 0.4) is 0 Å². The van der Waals surface area contributed by atoms with Crippen LogP contribution in [0.5, 0.6) is 0 Å². The fourth-order valence-electron chi connectivity index (χ4n) is 6.55. The summed E-state index contributed by atoms with van der Waals surface area (Å²) in [5, 5.41) is 6.82. The smallest absolute Gasteiger partial charge is 0.251 e. The number of Topliss-reactive ketones (excluding diaryl/α,β-unsaturated/α-hetero) is 1. The predicted molar refractivity (Wildman–Crippen MR) is 148 cm³/mol. The lowest BCUT2D eigenvalue weighted by Gasteiger charge is -2.36. The molecule has 3 saturated heterocycles. The molecule has 1 saturated carbocycles. The molecule has 0 unspecified atom stereocenters. The Balaban J connectivity index is 1.27. The van der Waals surface area contributed by atoms with Gasteiger partial charge in [0.1, 0.15) is 18.7 Å². The van der Waals surface area contributed by atoms with Crippen molar-refractivity contribution in [2.24, 2.45) is 11.0 Å². The van der Waals surface area contributed by atoms with E-state index in [0.717, 1.165) is 77.1 Å². The number of fused-ring (bicyclic) bond motifs is 1. The Kier molecular flexibility index (Phi) is 9.21. The van der Waals surface area contributed by atoms with Crippen LogP contribution in [0, 0.1) is 5.92 Å². The zero-order chi connectivity index (χ0) is 28.1. The molecule has 2 amide bonds.